The molecular formula is C22H28N2O3. The molecule has 0 bridgehead atoms. The fourth-order valence-corrected chi connectivity index (χ4v) is 3.53. The molecule has 1 saturated carbocycles. The van der Waals surface area contributed by atoms with E-state index in [0.29, 0.717) is 11.3 Å². The predicted octanol–water partition coefficient (Wildman–Crippen LogP) is 3.81. The molecule has 0 aromatic heterocycles. The van der Waals surface area contributed by atoms with Crippen LogP contribution in [0.5, 0.6) is 5.75 Å². The molecule has 0 atom stereocenters. The molecule has 2 amide bonds. The van der Waals surface area contributed by atoms with Crippen molar-refractivity contribution in [3.05, 3.63) is 42.0 Å². The predicted molar refractivity (Wildman–Crippen MR) is 107 cm³/mol. The molecule has 3 rings (SSSR count). The van der Waals surface area contributed by atoms with Crippen LogP contribution in [0.2, 0.25) is 0 Å². The lowest BCUT2D eigenvalue weighted by atomic mass is 9.95. The number of nitrogens with one attached hydrogen (secondary N) is 2. The SMILES string of the molecule is CC(C)NC(=O)COc1cc2ccccc2cc1C(=O)NC1CCCCC1. The van der Waals surface area contributed by atoms with Crippen LogP contribution in [-0.4, -0.2) is 30.5 Å². The first kappa shape index (κ1) is 19.2. The van der Waals surface area contributed by atoms with Crippen LogP contribution < -0.4 is 15.4 Å². The third kappa shape index (κ3) is 5.22. The molecule has 0 heterocycles. The molecule has 144 valence electrons. The van der Waals surface area contributed by atoms with E-state index in [2.05, 4.69) is 10.6 Å². The van der Waals surface area contributed by atoms with Gasteiger partial charge in [-0.2, -0.15) is 0 Å². The highest BCUT2D eigenvalue weighted by atomic mass is 16.5. The number of rotatable bonds is 6. The number of carbonyl (C=O) groups excluding carboxylic acids is 2. The third-order valence-electron chi connectivity index (χ3n) is 4.84. The molecule has 0 saturated heterocycles. The Morgan fingerprint density at radius 2 is 1.74 bits per heavy atom. The number of carbonyl (C=O) groups is 2. The van der Waals surface area contributed by atoms with Gasteiger partial charge in [0.05, 0.1) is 5.56 Å². The largest absolute Gasteiger partial charge is 0.483 e. The summed E-state index contributed by atoms with van der Waals surface area (Å²) >= 11 is 0. The van der Waals surface area contributed by atoms with Gasteiger partial charge in [-0.15, -0.1) is 0 Å². The monoisotopic (exact) mass is 368 g/mol. The molecule has 1 aliphatic rings. The maximum Gasteiger partial charge on any atom is 0.258 e. The minimum Gasteiger partial charge on any atom is -0.483 e. The van der Waals surface area contributed by atoms with Crippen LogP contribution in [0, 0.1) is 0 Å². The third-order valence-corrected chi connectivity index (χ3v) is 4.84. The molecular weight excluding hydrogens is 340 g/mol. The maximum atomic E-state index is 12.9. The zero-order chi connectivity index (χ0) is 19.2. The first-order valence-corrected chi connectivity index (χ1v) is 9.79. The Hall–Kier alpha value is -2.56. The van der Waals surface area contributed by atoms with Gasteiger partial charge >= 0.3 is 0 Å². The highest BCUT2D eigenvalue weighted by molar-refractivity contribution is 6.01. The van der Waals surface area contributed by atoms with E-state index in [4.69, 9.17) is 4.74 Å². The van der Waals surface area contributed by atoms with Crippen LogP contribution in [0.25, 0.3) is 10.8 Å². The minimum atomic E-state index is -0.197. The number of hydrogen-bond acceptors (Lipinski definition) is 3. The summed E-state index contributed by atoms with van der Waals surface area (Å²) in [5.74, 6) is 0.115. The number of fused-ring (bicyclic) bond motifs is 1. The second-order valence-electron chi connectivity index (χ2n) is 7.51. The lowest BCUT2D eigenvalue weighted by molar-refractivity contribution is -0.123. The Bertz CT molecular complexity index is 810. The van der Waals surface area contributed by atoms with Crippen LogP contribution in [0.15, 0.2) is 36.4 Å². The molecule has 0 unspecified atom stereocenters. The molecule has 2 aromatic carbocycles. The lowest BCUT2D eigenvalue weighted by Gasteiger charge is -2.23. The van der Waals surface area contributed by atoms with Crippen molar-refractivity contribution in [3.8, 4) is 5.75 Å². The van der Waals surface area contributed by atoms with Gasteiger partial charge in [-0.05, 0) is 49.6 Å². The van der Waals surface area contributed by atoms with E-state index in [1.807, 2.05) is 50.2 Å². The molecule has 2 N–H and O–H groups in total. The van der Waals surface area contributed by atoms with E-state index in [1.165, 1.54) is 6.42 Å². The standard InChI is InChI=1S/C22H28N2O3/c1-15(2)23-21(25)14-27-20-13-17-9-7-6-8-16(17)12-19(20)22(26)24-18-10-4-3-5-11-18/h6-9,12-13,15,18H,3-5,10-11,14H2,1-2H3,(H,23,25)(H,24,26). The van der Waals surface area contributed by atoms with Crippen LogP contribution in [-0.2, 0) is 4.79 Å². The van der Waals surface area contributed by atoms with Crippen LogP contribution in [0.1, 0.15) is 56.3 Å². The second kappa shape index (κ2) is 8.89. The van der Waals surface area contributed by atoms with Crippen molar-refractivity contribution < 1.29 is 14.3 Å². The summed E-state index contributed by atoms with van der Waals surface area (Å²) in [6.45, 7) is 3.69. The summed E-state index contributed by atoms with van der Waals surface area (Å²) in [6, 6.07) is 11.8. The van der Waals surface area contributed by atoms with Gasteiger partial charge in [-0.25, -0.2) is 0 Å². The van der Waals surface area contributed by atoms with Gasteiger partial charge in [-0.3, -0.25) is 9.59 Å². The molecule has 1 fully saturated rings. The normalized spacial score (nSPS) is 14.9. The average Bonchev–Trinajstić information content (AvgIpc) is 2.66. The Balaban J connectivity index is 1.81. The van der Waals surface area contributed by atoms with Crippen molar-refractivity contribution in [1.82, 2.24) is 10.6 Å². The number of hydrogen-bond donors (Lipinski definition) is 2. The van der Waals surface area contributed by atoms with E-state index in [1.54, 1.807) is 0 Å². The molecule has 27 heavy (non-hydrogen) atoms. The van der Waals surface area contributed by atoms with Gasteiger partial charge < -0.3 is 15.4 Å². The average molecular weight is 368 g/mol. The highest BCUT2D eigenvalue weighted by Gasteiger charge is 2.20. The van der Waals surface area contributed by atoms with Crippen molar-refractivity contribution in [2.45, 2.75) is 58.0 Å². The van der Waals surface area contributed by atoms with E-state index < -0.39 is 0 Å². The summed E-state index contributed by atoms with van der Waals surface area (Å²) in [7, 11) is 0. The Kier molecular flexibility index (Phi) is 6.32. The van der Waals surface area contributed by atoms with Crippen molar-refractivity contribution in [2.24, 2.45) is 0 Å². The first-order chi connectivity index (χ1) is 13.0. The van der Waals surface area contributed by atoms with Crippen molar-refractivity contribution in [1.29, 1.82) is 0 Å². The van der Waals surface area contributed by atoms with E-state index >= 15 is 0 Å². The highest BCUT2D eigenvalue weighted by Crippen LogP contribution is 2.27. The summed E-state index contributed by atoms with van der Waals surface area (Å²) in [5.41, 5.74) is 0.483. The van der Waals surface area contributed by atoms with E-state index in [0.717, 1.165) is 36.5 Å². The quantitative estimate of drug-likeness (QED) is 0.815. The van der Waals surface area contributed by atoms with Gasteiger partial charge in [0.25, 0.3) is 11.8 Å². The molecule has 5 nitrogen and oxygen atoms in total. The Morgan fingerprint density at radius 3 is 2.41 bits per heavy atom. The van der Waals surface area contributed by atoms with Crippen LogP contribution in [0.3, 0.4) is 0 Å². The van der Waals surface area contributed by atoms with Crippen LogP contribution >= 0.6 is 0 Å². The zero-order valence-corrected chi connectivity index (χ0v) is 16.1. The number of ether oxygens (including phenoxy) is 1. The van der Waals surface area contributed by atoms with Gasteiger partial charge in [0, 0.05) is 12.1 Å². The van der Waals surface area contributed by atoms with Gasteiger partial charge in [0.15, 0.2) is 6.61 Å². The summed E-state index contributed by atoms with van der Waals surface area (Å²) in [4.78, 5) is 24.9. The van der Waals surface area contributed by atoms with Crippen molar-refractivity contribution >= 4 is 22.6 Å². The molecule has 1 aliphatic carbocycles. The number of amides is 2. The van der Waals surface area contributed by atoms with Crippen molar-refractivity contribution in [3.63, 3.8) is 0 Å². The fourth-order valence-electron chi connectivity index (χ4n) is 3.53. The van der Waals surface area contributed by atoms with Crippen LogP contribution in [0.4, 0.5) is 0 Å². The summed E-state index contributed by atoms with van der Waals surface area (Å²) in [5, 5.41) is 7.90. The summed E-state index contributed by atoms with van der Waals surface area (Å²) < 4.78 is 5.75. The smallest absolute Gasteiger partial charge is 0.258 e. The van der Waals surface area contributed by atoms with Gasteiger partial charge in [-0.1, -0.05) is 43.5 Å². The van der Waals surface area contributed by atoms with Gasteiger partial charge in [0.2, 0.25) is 0 Å². The van der Waals surface area contributed by atoms with E-state index in [-0.39, 0.29) is 30.5 Å². The van der Waals surface area contributed by atoms with Crippen molar-refractivity contribution in [2.75, 3.05) is 6.61 Å². The Morgan fingerprint density at radius 1 is 1.07 bits per heavy atom. The second-order valence-corrected chi connectivity index (χ2v) is 7.51. The van der Waals surface area contributed by atoms with E-state index in [9.17, 15) is 9.59 Å². The zero-order valence-electron chi connectivity index (χ0n) is 16.1. The molecule has 5 heteroatoms. The first-order valence-electron chi connectivity index (χ1n) is 9.79. The maximum absolute atomic E-state index is 12.9. The molecule has 0 aliphatic heterocycles. The summed E-state index contributed by atoms with van der Waals surface area (Å²) in [6.07, 6.45) is 5.59. The fraction of sp³-hybridized carbons (Fsp3) is 0.455. The minimum absolute atomic E-state index is 0.0479. The van der Waals surface area contributed by atoms with Gasteiger partial charge in [0.1, 0.15) is 5.75 Å². The molecule has 2 aromatic rings. The topological polar surface area (TPSA) is 67.4 Å². The molecule has 0 spiro atoms. The molecule has 0 radical (unpaired) electrons. The number of benzene rings is 2. The lowest BCUT2D eigenvalue weighted by Crippen LogP contribution is -2.37. The Labute approximate surface area is 160 Å².